The number of hydrogen-bond acceptors (Lipinski definition) is 3. The first-order valence-corrected chi connectivity index (χ1v) is 5.21. The van der Waals surface area contributed by atoms with E-state index < -0.39 is 0 Å². The summed E-state index contributed by atoms with van der Waals surface area (Å²) in [5, 5.41) is 9.00. The maximum atomic E-state index is 9.00. The van der Waals surface area contributed by atoms with E-state index in [-0.39, 0.29) is 11.3 Å². The third-order valence-electron chi connectivity index (χ3n) is 3.08. The van der Waals surface area contributed by atoms with Crippen LogP contribution >= 0.6 is 0 Å². The third kappa shape index (κ3) is 2.70. The summed E-state index contributed by atoms with van der Waals surface area (Å²) in [5.41, 5.74) is 0.126. The van der Waals surface area contributed by atoms with E-state index in [1.165, 1.54) is 0 Å². The van der Waals surface area contributed by atoms with Gasteiger partial charge in [-0.2, -0.15) is 5.26 Å². The van der Waals surface area contributed by atoms with Gasteiger partial charge in [0.05, 0.1) is 18.6 Å². The van der Waals surface area contributed by atoms with Gasteiger partial charge in [-0.15, -0.1) is 0 Å². The maximum Gasteiger partial charge on any atom is 0.0662 e. The Morgan fingerprint density at radius 3 is 2.79 bits per heavy atom. The van der Waals surface area contributed by atoms with Crippen LogP contribution in [0.3, 0.4) is 0 Å². The van der Waals surface area contributed by atoms with Crippen molar-refractivity contribution < 1.29 is 4.74 Å². The SMILES string of the molecule is COCCN1CCC(C#N)C(C)(C)C1. The molecule has 1 unspecified atom stereocenters. The Morgan fingerprint density at radius 1 is 1.57 bits per heavy atom. The first-order chi connectivity index (χ1) is 6.60. The summed E-state index contributed by atoms with van der Waals surface area (Å²) in [5.74, 6) is 0.210. The van der Waals surface area contributed by atoms with Crippen LogP contribution in [0.5, 0.6) is 0 Å². The smallest absolute Gasteiger partial charge is 0.0662 e. The lowest BCUT2D eigenvalue weighted by Gasteiger charge is -2.41. The fourth-order valence-electron chi connectivity index (χ4n) is 2.12. The third-order valence-corrected chi connectivity index (χ3v) is 3.08. The highest BCUT2D eigenvalue weighted by Gasteiger charge is 2.35. The van der Waals surface area contributed by atoms with Crippen molar-refractivity contribution in [1.29, 1.82) is 5.26 Å². The fourth-order valence-corrected chi connectivity index (χ4v) is 2.12. The zero-order valence-corrected chi connectivity index (χ0v) is 9.42. The number of methoxy groups -OCH3 is 1. The van der Waals surface area contributed by atoms with E-state index in [2.05, 4.69) is 24.8 Å². The second-order valence-corrected chi connectivity index (χ2v) is 4.73. The topological polar surface area (TPSA) is 36.3 Å². The molecule has 0 radical (unpaired) electrons. The molecular formula is C11H20N2O. The van der Waals surface area contributed by atoms with Crippen LogP contribution in [0.25, 0.3) is 0 Å². The lowest BCUT2D eigenvalue weighted by atomic mass is 9.75. The van der Waals surface area contributed by atoms with Gasteiger partial charge in [-0.1, -0.05) is 13.8 Å². The number of piperidine rings is 1. The minimum atomic E-state index is 0.126. The molecule has 0 N–H and O–H groups in total. The van der Waals surface area contributed by atoms with Gasteiger partial charge < -0.3 is 9.64 Å². The molecule has 0 aliphatic carbocycles. The highest BCUT2D eigenvalue weighted by molar-refractivity contribution is 4.98. The normalized spacial score (nSPS) is 27.1. The summed E-state index contributed by atoms with van der Waals surface area (Å²) >= 11 is 0. The molecule has 0 saturated carbocycles. The van der Waals surface area contributed by atoms with Crippen molar-refractivity contribution in [2.45, 2.75) is 20.3 Å². The predicted molar refractivity (Wildman–Crippen MR) is 55.8 cm³/mol. The van der Waals surface area contributed by atoms with Gasteiger partial charge in [0.1, 0.15) is 0 Å². The van der Waals surface area contributed by atoms with Gasteiger partial charge in [-0.25, -0.2) is 0 Å². The Hall–Kier alpha value is -0.590. The molecule has 3 heteroatoms. The first kappa shape index (κ1) is 11.5. The van der Waals surface area contributed by atoms with Crippen LogP contribution in [0.15, 0.2) is 0 Å². The number of hydrogen-bond donors (Lipinski definition) is 0. The molecule has 0 amide bonds. The second-order valence-electron chi connectivity index (χ2n) is 4.73. The summed E-state index contributed by atoms with van der Waals surface area (Å²) in [7, 11) is 1.73. The van der Waals surface area contributed by atoms with Gasteiger partial charge in [0.2, 0.25) is 0 Å². The molecule has 1 aliphatic rings. The van der Waals surface area contributed by atoms with E-state index in [1.807, 2.05) is 0 Å². The molecule has 0 aromatic heterocycles. The van der Waals surface area contributed by atoms with Gasteiger partial charge >= 0.3 is 0 Å². The maximum absolute atomic E-state index is 9.00. The summed E-state index contributed by atoms with van der Waals surface area (Å²) in [4.78, 5) is 2.39. The number of nitrogens with zero attached hydrogens (tertiary/aromatic N) is 2. The lowest BCUT2D eigenvalue weighted by Crippen LogP contribution is -2.46. The molecule has 1 atom stereocenters. The lowest BCUT2D eigenvalue weighted by molar-refractivity contribution is 0.0595. The van der Waals surface area contributed by atoms with Crippen LogP contribution in [0.2, 0.25) is 0 Å². The Balaban J connectivity index is 2.46. The molecule has 1 saturated heterocycles. The van der Waals surface area contributed by atoms with Crippen LogP contribution in [-0.2, 0) is 4.74 Å². The van der Waals surface area contributed by atoms with E-state index in [9.17, 15) is 0 Å². The zero-order chi connectivity index (χ0) is 10.6. The van der Waals surface area contributed by atoms with Crippen molar-refractivity contribution in [2.75, 3.05) is 33.4 Å². The van der Waals surface area contributed by atoms with Gasteiger partial charge in [0.15, 0.2) is 0 Å². The fraction of sp³-hybridized carbons (Fsp3) is 0.909. The van der Waals surface area contributed by atoms with Crippen molar-refractivity contribution in [3.8, 4) is 6.07 Å². The highest BCUT2D eigenvalue weighted by atomic mass is 16.5. The molecule has 0 spiro atoms. The Morgan fingerprint density at radius 2 is 2.29 bits per heavy atom. The Labute approximate surface area is 86.6 Å². The summed E-state index contributed by atoms with van der Waals surface area (Å²) in [6.07, 6.45) is 0.993. The molecule has 0 bridgehead atoms. The zero-order valence-electron chi connectivity index (χ0n) is 9.42. The Kier molecular flexibility index (Phi) is 3.91. The molecule has 14 heavy (non-hydrogen) atoms. The molecule has 0 aromatic rings. The van der Waals surface area contributed by atoms with Crippen LogP contribution in [0.1, 0.15) is 20.3 Å². The van der Waals surface area contributed by atoms with E-state index in [0.29, 0.717) is 0 Å². The standard InChI is InChI=1S/C11H20N2O/c1-11(2)9-13(6-7-14-3)5-4-10(11)8-12/h10H,4-7,9H2,1-3H3. The van der Waals surface area contributed by atoms with E-state index >= 15 is 0 Å². The van der Waals surface area contributed by atoms with Crippen molar-refractivity contribution in [1.82, 2.24) is 4.90 Å². The number of nitriles is 1. The molecular weight excluding hydrogens is 176 g/mol. The number of rotatable bonds is 3. The predicted octanol–water partition coefficient (Wildman–Crippen LogP) is 1.50. The van der Waals surface area contributed by atoms with E-state index in [0.717, 1.165) is 32.7 Å². The first-order valence-electron chi connectivity index (χ1n) is 5.21. The van der Waals surface area contributed by atoms with E-state index in [4.69, 9.17) is 10.00 Å². The molecule has 1 aliphatic heterocycles. The average molecular weight is 196 g/mol. The monoisotopic (exact) mass is 196 g/mol. The van der Waals surface area contributed by atoms with Crippen LogP contribution in [0, 0.1) is 22.7 Å². The molecule has 1 fully saturated rings. The Bertz CT molecular complexity index is 220. The molecule has 0 aromatic carbocycles. The van der Waals surface area contributed by atoms with Gasteiger partial charge in [0.25, 0.3) is 0 Å². The van der Waals surface area contributed by atoms with Crippen molar-refractivity contribution >= 4 is 0 Å². The van der Waals surface area contributed by atoms with Crippen LogP contribution in [0.4, 0.5) is 0 Å². The van der Waals surface area contributed by atoms with Crippen molar-refractivity contribution in [3.63, 3.8) is 0 Å². The van der Waals surface area contributed by atoms with Crippen molar-refractivity contribution in [3.05, 3.63) is 0 Å². The van der Waals surface area contributed by atoms with Crippen molar-refractivity contribution in [2.24, 2.45) is 11.3 Å². The molecule has 1 heterocycles. The molecule has 1 rings (SSSR count). The molecule has 80 valence electrons. The number of likely N-dealkylation sites (tertiary alicyclic amines) is 1. The summed E-state index contributed by atoms with van der Waals surface area (Å²) < 4.78 is 5.06. The van der Waals surface area contributed by atoms with Gasteiger partial charge in [-0.3, -0.25) is 0 Å². The summed E-state index contributed by atoms with van der Waals surface area (Å²) in [6.45, 7) is 8.17. The highest BCUT2D eigenvalue weighted by Crippen LogP contribution is 2.33. The van der Waals surface area contributed by atoms with Crippen LogP contribution < -0.4 is 0 Å². The largest absolute Gasteiger partial charge is 0.383 e. The van der Waals surface area contributed by atoms with Gasteiger partial charge in [0, 0.05) is 20.2 Å². The average Bonchev–Trinajstić information content (AvgIpc) is 2.13. The quantitative estimate of drug-likeness (QED) is 0.686. The minimum Gasteiger partial charge on any atom is -0.383 e. The molecule has 3 nitrogen and oxygen atoms in total. The second kappa shape index (κ2) is 4.77. The van der Waals surface area contributed by atoms with Gasteiger partial charge in [-0.05, 0) is 18.4 Å². The number of ether oxygens (including phenoxy) is 1. The van der Waals surface area contributed by atoms with Crippen LogP contribution in [-0.4, -0.2) is 38.3 Å². The minimum absolute atomic E-state index is 0.126. The van der Waals surface area contributed by atoms with E-state index in [1.54, 1.807) is 7.11 Å². The summed E-state index contributed by atoms with van der Waals surface area (Å²) in [6, 6.07) is 2.41.